The Morgan fingerprint density at radius 2 is 1.45 bits per heavy atom. The molecule has 0 fully saturated rings. The third-order valence-electron chi connectivity index (χ3n) is 3.09. The number of amides is 2. The fourth-order valence-electron chi connectivity index (χ4n) is 2.61. The van der Waals surface area contributed by atoms with Gasteiger partial charge in [-0.25, -0.2) is 4.79 Å². The molecule has 0 aromatic carbocycles. The van der Waals surface area contributed by atoms with Crippen LogP contribution in [0.4, 0.5) is 4.79 Å². The monoisotopic (exact) mass is 284 g/mol. The molecule has 0 aliphatic heterocycles. The van der Waals surface area contributed by atoms with Crippen LogP contribution in [0.25, 0.3) is 0 Å². The number of nitrogens with one attached hydrogen (secondary N) is 1. The molecule has 0 aromatic heterocycles. The van der Waals surface area contributed by atoms with Crippen LogP contribution in [0.15, 0.2) is 0 Å². The van der Waals surface area contributed by atoms with E-state index in [0.717, 1.165) is 6.29 Å². The molecule has 20 heavy (non-hydrogen) atoms. The van der Waals surface area contributed by atoms with E-state index in [0.29, 0.717) is 19.4 Å². The van der Waals surface area contributed by atoms with Crippen molar-refractivity contribution in [3.63, 3.8) is 0 Å². The van der Waals surface area contributed by atoms with E-state index < -0.39 is 5.54 Å². The number of hydrogen-bond acceptors (Lipinski definition) is 2. The van der Waals surface area contributed by atoms with E-state index in [4.69, 9.17) is 0 Å². The van der Waals surface area contributed by atoms with Gasteiger partial charge in [0, 0.05) is 13.6 Å². The Morgan fingerprint density at radius 3 is 1.70 bits per heavy atom. The Balaban J connectivity index is 5.31. The zero-order valence-corrected chi connectivity index (χ0v) is 14.5. The maximum absolute atomic E-state index is 12.2. The van der Waals surface area contributed by atoms with Crippen molar-refractivity contribution in [2.24, 2.45) is 10.8 Å². The molecule has 0 saturated carbocycles. The molecule has 0 bridgehead atoms. The molecular weight excluding hydrogens is 252 g/mol. The number of hydrogen-bond donors (Lipinski definition) is 1. The van der Waals surface area contributed by atoms with E-state index in [1.807, 2.05) is 6.92 Å². The average molecular weight is 284 g/mol. The average Bonchev–Trinajstić information content (AvgIpc) is 2.22. The number of nitrogens with zero attached hydrogens (tertiary/aromatic N) is 1. The number of carbonyl (C=O) groups excluding carboxylic acids is 2. The zero-order valence-electron chi connectivity index (χ0n) is 14.5. The van der Waals surface area contributed by atoms with Crippen LogP contribution in [0, 0.1) is 10.8 Å². The summed E-state index contributed by atoms with van der Waals surface area (Å²) in [5.74, 6) is 0. The lowest BCUT2D eigenvalue weighted by atomic mass is 9.72. The summed E-state index contributed by atoms with van der Waals surface area (Å²) in [5.41, 5.74) is -0.883. The second kappa shape index (κ2) is 6.59. The molecule has 0 unspecified atom stereocenters. The van der Waals surface area contributed by atoms with Gasteiger partial charge in [0.15, 0.2) is 0 Å². The van der Waals surface area contributed by atoms with Crippen LogP contribution in [0.3, 0.4) is 0 Å². The minimum absolute atomic E-state index is 0.0375. The van der Waals surface area contributed by atoms with Crippen LogP contribution in [0.5, 0.6) is 0 Å². The lowest BCUT2D eigenvalue weighted by Gasteiger charge is -2.40. The summed E-state index contributed by atoms with van der Waals surface area (Å²) < 4.78 is 0. The van der Waals surface area contributed by atoms with Crippen molar-refractivity contribution in [2.45, 2.75) is 66.8 Å². The van der Waals surface area contributed by atoms with E-state index >= 15 is 0 Å². The lowest BCUT2D eigenvalue weighted by Crippen LogP contribution is -2.56. The summed E-state index contributed by atoms with van der Waals surface area (Å²) in [4.78, 5) is 25.6. The Bertz CT molecular complexity index is 321. The van der Waals surface area contributed by atoms with Gasteiger partial charge in [-0.2, -0.15) is 0 Å². The van der Waals surface area contributed by atoms with Gasteiger partial charge < -0.3 is 15.0 Å². The first-order valence-electron chi connectivity index (χ1n) is 7.34. The summed E-state index contributed by atoms with van der Waals surface area (Å²) in [6, 6.07) is -0.187. The molecule has 0 radical (unpaired) electrons. The van der Waals surface area contributed by atoms with Crippen LogP contribution >= 0.6 is 0 Å². The Morgan fingerprint density at radius 1 is 1.05 bits per heavy atom. The van der Waals surface area contributed by atoms with Crippen molar-refractivity contribution in [3.8, 4) is 0 Å². The first-order valence-corrected chi connectivity index (χ1v) is 7.34. The molecule has 4 heteroatoms. The molecule has 0 spiro atoms. The van der Waals surface area contributed by atoms with E-state index in [1.54, 1.807) is 11.9 Å². The maximum Gasteiger partial charge on any atom is 0.317 e. The highest BCUT2D eigenvalue weighted by atomic mass is 16.2. The van der Waals surface area contributed by atoms with Crippen LogP contribution in [-0.2, 0) is 4.79 Å². The molecule has 0 heterocycles. The minimum Gasteiger partial charge on any atom is -0.328 e. The SMILES string of the molecule is CCN(C)C(=O)NC(C=O)(CC(C)(C)C)CC(C)(C)C. The summed E-state index contributed by atoms with van der Waals surface area (Å²) in [5, 5.41) is 2.96. The largest absolute Gasteiger partial charge is 0.328 e. The molecule has 118 valence electrons. The Hall–Kier alpha value is -1.06. The summed E-state index contributed by atoms with van der Waals surface area (Å²) in [6.45, 7) is 15.1. The predicted octanol–water partition coefficient (Wildman–Crippen LogP) is 3.46. The molecule has 1 N–H and O–H groups in total. The first kappa shape index (κ1) is 18.9. The van der Waals surface area contributed by atoms with Gasteiger partial charge in [-0.15, -0.1) is 0 Å². The predicted molar refractivity (Wildman–Crippen MR) is 83.8 cm³/mol. The molecule has 0 atom stereocenters. The van der Waals surface area contributed by atoms with Crippen molar-refractivity contribution in [1.82, 2.24) is 10.2 Å². The highest BCUT2D eigenvalue weighted by molar-refractivity contribution is 5.80. The quantitative estimate of drug-likeness (QED) is 0.786. The number of carbonyl (C=O) groups is 2. The first-order chi connectivity index (χ1) is 8.84. The zero-order chi connectivity index (χ0) is 16.2. The van der Waals surface area contributed by atoms with Gasteiger partial charge in [-0.3, -0.25) is 0 Å². The van der Waals surface area contributed by atoms with Crippen LogP contribution in [0.2, 0.25) is 0 Å². The fraction of sp³-hybridized carbons (Fsp3) is 0.875. The molecular formula is C16H32N2O2. The van der Waals surface area contributed by atoms with E-state index in [9.17, 15) is 9.59 Å². The van der Waals surface area contributed by atoms with Crippen LogP contribution in [0.1, 0.15) is 61.3 Å². The van der Waals surface area contributed by atoms with Crippen LogP contribution in [-0.4, -0.2) is 36.3 Å². The van der Waals surface area contributed by atoms with E-state index in [1.165, 1.54) is 0 Å². The molecule has 2 amide bonds. The van der Waals surface area contributed by atoms with Crippen molar-refractivity contribution < 1.29 is 9.59 Å². The van der Waals surface area contributed by atoms with E-state index in [2.05, 4.69) is 46.9 Å². The molecule has 0 saturated heterocycles. The highest BCUT2D eigenvalue weighted by Gasteiger charge is 2.39. The fourth-order valence-corrected chi connectivity index (χ4v) is 2.61. The summed E-state index contributed by atoms with van der Waals surface area (Å²) >= 11 is 0. The van der Waals surface area contributed by atoms with Crippen molar-refractivity contribution >= 4 is 12.3 Å². The van der Waals surface area contributed by atoms with Gasteiger partial charge in [0.25, 0.3) is 0 Å². The smallest absolute Gasteiger partial charge is 0.317 e. The maximum atomic E-state index is 12.2. The number of rotatable bonds is 5. The third-order valence-corrected chi connectivity index (χ3v) is 3.09. The second-order valence-electron chi connectivity index (χ2n) is 8.19. The van der Waals surface area contributed by atoms with Gasteiger partial charge >= 0.3 is 6.03 Å². The van der Waals surface area contributed by atoms with Gasteiger partial charge in [-0.1, -0.05) is 41.5 Å². The van der Waals surface area contributed by atoms with Gasteiger partial charge in [0.1, 0.15) is 6.29 Å². The van der Waals surface area contributed by atoms with Crippen LogP contribution < -0.4 is 5.32 Å². The lowest BCUT2D eigenvalue weighted by molar-refractivity contribution is -0.115. The number of aldehydes is 1. The van der Waals surface area contributed by atoms with E-state index in [-0.39, 0.29) is 16.9 Å². The summed E-state index contributed by atoms with van der Waals surface area (Å²) in [6.07, 6.45) is 2.18. The van der Waals surface area contributed by atoms with Gasteiger partial charge in [-0.05, 0) is 30.6 Å². The number of urea groups is 1. The van der Waals surface area contributed by atoms with Crippen molar-refractivity contribution in [2.75, 3.05) is 13.6 Å². The molecule has 0 aromatic rings. The molecule has 0 aliphatic carbocycles. The third kappa shape index (κ3) is 6.92. The normalized spacial score (nSPS) is 13.0. The van der Waals surface area contributed by atoms with Crippen molar-refractivity contribution in [1.29, 1.82) is 0 Å². The molecule has 0 rings (SSSR count). The molecule has 4 nitrogen and oxygen atoms in total. The topological polar surface area (TPSA) is 49.4 Å². The Labute approximate surface area is 124 Å². The minimum atomic E-state index is -0.809. The van der Waals surface area contributed by atoms with Crippen molar-refractivity contribution in [3.05, 3.63) is 0 Å². The van der Waals surface area contributed by atoms with Gasteiger partial charge in [0.2, 0.25) is 0 Å². The second-order valence-corrected chi connectivity index (χ2v) is 8.19. The van der Waals surface area contributed by atoms with Gasteiger partial charge in [0.05, 0.1) is 5.54 Å². The standard InChI is InChI=1S/C16H32N2O2/c1-9-18(8)13(20)17-16(12-19,10-14(2,3)4)11-15(5,6)7/h12H,9-11H2,1-8H3,(H,17,20). The molecule has 0 aliphatic rings. The highest BCUT2D eigenvalue weighted by Crippen LogP contribution is 2.35. The Kier molecular flexibility index (Phi) is 6.25. The summed E-state index contributed by atoms with van der Waals surface area (Å²) in [7, 11) is 1.74.